The van der Waals surface area contributed by atoms with Crippen molar-refractivity contribution in [1.29, 1.82) is 0 Å². The first-order valence-electron chi connectivity index (χ1n) is 27.0. The molecule has 0 amide bonds. The maximum absolute atomic E-state index is 13.3. The number of rotatable bonds is 12. The van der Waals surface area contributed by atoms with Gasteiger partial charge in [0.2, 0.25) is 0 Å². The third kappa shape index (κ3) is 9.55. The minimum absolute atomic E-state index is 0.141. The van der Waals surface area contributed by atoms with E-state index in [0.717, 1.165) is 5.57 Å². The van der Waals surface area contributed by atoms with Crippen molar-refractivity contribution >= 4 is 17.9 Å². The minimum atomic E-state index is -2.12. The minimum Gasteiger partial charge on any atom is -0.479 e. The standard InChI is InChI=1S/C54H84O23/c1-11-22(2)45(69)77-43-42(66)54(21-71-23(3)56)25(18-49(43,4)5)24-12-13-29-51(8)16-15-30(50(6,7)28(51)14-17-52(29,9)53(24,10)40(64)41(54)65)73-48-39(76-47-35(62)33(60)32(59)27(19-55)72-47)37(36(63)38(75-48)44(67)68)74-46-34(61)31(58)26(57)20-70-46/h11-12,25-43,46-48,55,57-66H,13-21H2,1-10H3,(H,67,68)/b22-11-/t25-,26-,27+,28-,29+,30-,31-,32+,33-,34+,35+,36-,37-,38-,39+,40-,41+,42-,43-,46-,47-,48+,51-,52+,53-,54-/m0/s1. The van der Waals surface area contributed by atoms with Crippen LogP contribution in [0.2, 0.25) is 0 Å². The number of carboxylic acids is 1. The Balaban J connectivity index is 1.13. The van der Waals surface area contributed by atoms with Crippen molar-refractivity contribution in [1.82, 2.24) is 0 Å². The summed E-state index contributed by atoms with van der Waals surface area (Å²) in [6.45, 7) is 16.8. The average Bonchev–Trinajstić information content (AvgIpc) is 3.36. The molecule has 0 radical (unpaired) electrons. The Morgan fingerprint density at radius 2 is 1.38 bits per heavy atom. The fourth-order valence-electron chi connectivity index (χ4n) is 15.9. The summed E-state index contributed by atoms with van der Waals surface area (Å²) in [4.78, 5) is 38.7. The van der Waals surface area contributed by atoms with Crippen LogP contribution < -0.4 is 0 Å². The molecule has 4 saturated carbocycles. The number of carbonyl (C=O) groups excluding carboxylic acids is 2. The summed E-state index contributed by atoms with van der Waals surface area (Å²) in [5, 5.41) is 135. The molecule has 26 atom stereocenters. The first-order valence-corrected chi connectivity index (χ1v) is 27.0. The molecular formula is C54H84O23. The average molecular weight is 1100 g/mol. The molecule has 0 aromatic rings. The van der Waals surface area contributed by atoms with Crippen molar-refractivity contribution < 1.29 is 114 Å². The highest BCUT2D eigenvalue weighted by Crippen LogP contribution is 2.76. The van der Waals surface area contributed by atoms with E-state index in [-0.39, 0.29) is 11.8 Å². The SMILES string of the molecule is C/C=C(/C)C(=O)O[C@H]1[C@H](O)[C@]2(COC(C)=O)[C@H](O)[C@H](O)[C@]3(C)C(=CC[C@@H]4[C@@]5(C)CC[C@H](O[C@@H]6O[C@H](C(=O)O)[C@@H](O)[C@H](O[C@@H]7OC[C@H](O)[C@H](O)[C@H]7O)[C@H]6O[C@@H]6O[C@H](CO)[C@@H](O)[C@H](O)[C@H]6O)C(C)(C)[C@@H]5CC[C@]43C)[C@@H]2CC1(C)C. The van der Waals surface area contributed by atoms with E-state index < -0.39 is 193 Å². The van der Waals surface area contributed by atoms with Crippen molar-refractivity contribution in [3.8, 4) is 0 Å². The van der Waals surface area contributed by atoms with E-state index >= 15 is 0 Å². The molecule has 0 spiro atoms. The molecule has 0 aromatic heterocycles. The van der Waals surface area contributed by atoms with Gasteiger partial charge in [-0.15, -0.1) is 0 Å². The molecule has 8 aliphatic rings. The monoisotopic (exact) mass is 1100 g/mol. The molecule has 0 aromatic carbocycles. The second kappa shape index (κ2) is 21.5. The van der Waals surface area contributed by atoms with Crippen LogP contribution in [-0.2, 0) is 52.3 Å². The number of carboxylic acid groups (broad SMARTS) is 1. The Hall–Kier alpha value is -2.79. The second-order valence-corrected chi connectivity index (χ2v) is 25.3. The molecular weight excluding hydrogens is 1020 g/mol. The molecule has 77 heavy (non-hydrogen) atoms. The fraction of sp³-hybridized carbons (Fsp3) is 0.870. The number of ether oxygens (including phenoxy) is 8. The van der Waals surface area contributed by atoms with Crippen LogP contribution in [0.15, 0.2) is 23.3 Å². The number of aliphatic hydroxyl groups excluding tert-OH is 11. The van der Waals surface area contributed by atoms with Crippen molar-refractivity contribution in [2.75, 3.05) is 19.8 Å². The van der Waals surface area contributed by atoms with Gasteiger partial charge in [0.05, 0.1) is 36.9 Å². The topological polar surface area (TPSA) is 368 Å². The van der Waals surface area contributed by atoms with E-state index in [4.69, 9.17) is 37.9 Å². The number of esters is 2. The summed E-state index contributed by atoms with van der Waals surface area (Å²) in [6.07, 6.45) is -26.0. The zero-order chi connectivity index (χ0) is 57.0. The fourth-order valence-corrected chi connectivity index (χ4v) is 15.9. The van der Waals surface area contributed by atoms with Crippen LogP contribution in [0.25, 0.3) is 0 Å². The lowest BCUT2D eigenvalue weighted by Crippen LogP contribution is -2.76. The number of hydrogen-bond acceptors (Lipinski definition) is 22. The van der Waals surface area contributed by atoms with E-state index in [1.807, 2.05) is 34.6 Å². The van der Waals surface area contributed by atoms with Crippen molar-refractivity contribution in [3.05, 3.63) is 23.3 Å². The summed E-state index contributed by atoms with van der Waals surface area (Å²) in [7, 11) is 0. The second-order valence-electron chi connectivity index (χ2n) is 25.3. The van der Waals surface area contributed by atoms with Gasteiger partial charge in [-0.3, -0.25) is 4.79 Å². The Labute approximate surface area is 448 Å². The van der Waals surface area contributed by atoms with Crippen LogP contribution in [0.4, 0.5) is 0 Å². The van der Waals surface area contributed by atoms with E-state index in [2.05, 4.69) is 19.9 Å². The first kappa shape index (κ1) is 60.3. The van der Waals surface area contributed by atoms with Crippen molar-refractivity contribution in [2.45, 2.75) is 224 Å². The van der Waals surface area contributed by atoms with E-state index in [0.29, 0.717) is 44.1 Å². The zero-order valence-electron chi connectivity index (χ0n) is 45.6. The predicted octanol–water partition coefficient (Wildman–Crippen LogP) is -0.684. The summed E-state index contributed by atoms with van der Waals surface area (Å²) >= 11 is 0. The van der Waals surface area contributed by atoms with Crippen LogP contribution in [0.5, 0.6) is 0 Å². The van der Waals surface area contributed by atoms with E-state index in [9.17, 15) is 75.7 Å². The number of aliphatic carboxylic acids is 1. The van der Waals surface area contributed by atoms with Crippen LogP contribution in [-0.4, -0.2) is 216 Å². The molecule has 0 bridgehead atoms. The van der Waals surface area contributed by atoms with Gasteiger partial charge < -0.3 is 99.2 Å². The molecule has 3 aliphatic heterocycles. The molecule has 438 valence electrons. The van der Waals surface area contributed by atoms with Crippen LogP contribution >= 0.6 is 0 Å². The number of aliphatic hydroxyl groups is 11. The summed E-state index contributed by atoms with van der Waals surface area (Å²) < 4.78 is 48.0. The smallest absolute Gasteiger partial charge is 0.335 e. The molecule has 12 N–H and O–H groups in total. The van der Waals surface area contributed by atoms with Crippen molar-refractivity contribution in [3.63, 3.8) is 0 Å². The molecule has 23 nitrogen and oxygen atoms in total. The largest absolute Gasteiger partial charge is 0.479 e. The predicted molar refractivity (Wildman–Crippen MR) is 263 cm³/mol. The van der Waals surface area contributed by atoms with Crippen LogP contribution in [0.1, 0.15) is 108 Å². The van der Waals surface area contributed by atoms with E-state index in [1.54, 1.807) is 19.9 Å². The Morgan fingerprint density at radius 3 is 2.00 bits per heavy atom. The first-order chi connectivity index (χ1) is 35.8. The number of fused-ring (bicyclic) bond motifs is 7. The molecule has 3 saturated heterocycles. The summed E-state index contributed by atoms with van der Waals surface area (Å²) in [5.74, 6) is -3.89. The summed E-state index contributed by atoms with van der Waals surface area (Å²) in [5.41, 5.74) is -4.51. The molecule has 5 aliphatic carbocycles. The van der Waals surface area contributed by atoms with E-state index in [1.165, 1.54) is 6.92 Å². The molecule has 8 rings (SSSR count). The van der Waals surface area contributed by atoms with Gasteiger partial charge in [-0.05, 0) is 86.4 Å². The Morgan fingerprint density at radius 1 is 0.727 bits per heavy atom. The lowest BCUT2D eigenvalue weighted by atomic mass is 9.32. The van der Waals surface area contributed by atoms with Crippen LogP contribution in [0.3, 0.4) is 0 Å². The third-order valence-corrected chi connectivity index (χ3v) is 20.6. The highest BCUT2D eigenvalue weighted by Gasteiger charge is 2.76. The molecule has 0 unspecified atom stereocenters. The highest BCUT2D eigenvalue weighted by atomic mass is 16.8. The van der Waals surface area contributed by atoms with Gasteiger partial charge >= 0.3 is 17.9 Å². The van der Waals surface area contributed by atoms with Gasteiger partial charge in [0.1, 0.15) is 79.9 Å². The van der Waals surface area contributed by atoms with Gasteiger partial charge in [0.15, 0.2) is 25.0 Å². The quantitative estimate of drug-likeness (QED) is 0.0498. The Kier molecular flexibility index (Phi) is 16.8. The maximum Gasteiger partial charge on any atom is 0.335 e. The zero-order valence-corrected chi connectivity index (χ0v) is 45.6. The molecule has 7 fully saturated rings. The molecule has 3 heterocycles. The maximum atomic E-state index is 13.3. The lowest BCUT2D eigenvalue weighted by Gasteiger charge is -2.73. The van der Waals surface area contributed by atoms with Crippen molar-refractivity contribution in [2.24, 2.45) is 50.2 Å². The molecule has 23 heteroatoms. The normalized spacial score (nSPS) is 50.4. The van der Waals surface area contributed by atoms with Gasteiger partial charge in [-0.1, -0.05) is 66.2 Å². The van der Waals surface area contributed by atoms with Crippen LogP contribution in [0, 0.1) is 50.2 Å². The highest BCUT2D eigenvalue weighted by molar-refractivity contribution is 5.87. The third-order valence-electron chi connectivity index (χ3n) is 20.6. The van der Waals surface area contributed by atoms with Gasteiger partial charge in [0, 0.05) is 23.3 Å². The number of carbonyl (C=O) groups is 3. The van der Waals surface area contributed by atoms with Gasteiger partial charge in [0.25, 0.3) is 0 Å². The Bertz CT molecular complexity index is 2250. The summed E-state index contributed by atoms with van der Waals surface area (Å²) in [6, 6.07) is 0. The number of hydrogen-bond donors (Lipinski definition) is 12. The number of allylic oxidation sites excluding steroid dienone is 2. The van der Waals surface area contributed by atoms with Gasteiger partial charge in [-0.25, -0.2) is 9.59 Å². The van der Waals surface area contributed by atoms with Gasteiger partial charge in [-0.2, -0.15) is 0 Å². The lowest BCUT2D eigenvalue weighted by molar-refractivity contribution is -0.392.